The Balaban J connectivity index is 2.02. The van der Waals surface area contributed by atoms with Gasteiger partial charge < -0.3 is 10.1 Å². The Hall–Kier alpha value is -1.80. The molecule has 1 unspecified atom stereocenters. The van der Waals surface area contributed by atoms with Crippen molar-refractivity contribution in [1.82, 2.24) is 5.32 Å². The van der Waals surface area contributed by atoms with Gasteiger partial charge in [-0.05, 0) is 49.6 Å². The van der Waals surface area contributed by atoms with Crippen LogP contribution < -0.4 is 10.1 Å². The van der Waals surface area contributed by atoms with Crippen molar-refractivity contribution in [3.05, 3.63) is 65.2 Å². The second-order valence-corrected chi connectivity index (χ2v) is 5.41. The van der Waals surface area contributed by atoms with Crippen LogP contribution in [-0.4, -0.2) is 13.7 Å². The van der Waals surface area contributed by atoms with Crippen molar-refractivity contribution in [2.45, 2.75) is 32.7 Å². The summed E-state index contributed by atoms with van der Waals surface area (Å²) in [4.78, 5) is 0. The van der Waals surface area contributed by atoms with Crippen molar-refractivity contribution in [3.63, 3.8) is 0 Å². The summed E-state index contributed by atoms with van der Waals surface area (Å²) in [5.74, 6) is 0.910. The monoisotopic (exact) mass is 283 g/mol. The number of nitrogens with one attached hydrogen (secondary N) is 1. The summed E-state index contributed by atoms with van der Waals surface area (Å²) in [6.07, 6.45) is 2.19. The Kier molecular flexibility index (Phi) is 5.82. The standard InChI is InChI=1S/C19H25NO/c1-4-20-19(17-10-12-18(21-3)13-11-17)14-9-16-7-5-15(2)6-8-16/h5-8,10-13,19-20H,4,9,14H2,1-3H3. The predicted octanol–water partition coefficient (Wildman–Crippen LogP) is 4.29. The Morgan fingerprint density at radius 1 is 1.00 bits per heavy atom. The molecule has 0 radical (unpaired) electrons. The highest BCUT2D eigenvalue weighted by Crippen LogP contribution is 2.22. The minimum absolute atomic E-state index is 0.391. The highest BCUT2D eigenvalue weighted by atomic mass is 16.5. The fourth-order valence-corrected chi connectivity index (χ4v) is 2.53. The van der Waals surface area contributed by atoms with E-state index < -0.39 is 0 Å². The first-order valence-corrected chi connectivity index (χ1v) is 7.65. The molecule has 2 nitrogen and oxygen atoms in total. The van der Waals surface area contributed by atoms with Gasteiger partial charge in [-0.15, -0.1) is 0 Å². The van der Waals surface area contributed by atoms with Gasteiger partial charge in [0.05, 0.1) is 7.11 Å². The molecule has 0 aliphatic carbocycles. The lowest BCUT2D eigenvalue weighted by Gasteiger charge is -2.19. The van der Waals surface area contributed by atoms with Gasteiger partial charge in [-0.3, -0.25) is 0 Å². The summed E-state index contributed by atoms with van der Waals surface area (Å²) in [6.45, 7) is 5.26. The van der Waals surface area contributed by atoms with Crippen LogP contribution in [0.3, 0.4) is 0 Å². The van der Waals surface area contributed by atoms with E-state index in [1.54, 1.807) is 7.11 Å². The molecule has 0 aromatic heterocycles. The smallest absolute Gasteiger partial charge is 0.118 e. The summed E-state index contributed by atoms with van der Waals surface area (Å²) >= 11 is 0. The SMILES string of the molecule is CCNC(CCc1ccc(C)cc1)c1ccc(OC)cc1. The normalized spacial score (nSPS) is 12.1. The zero-order chi connectivity index (χ0) is 15.1. The van der Waals surface area contributed by atoms with E-state index in [1.807, 2.05) is 12.1 Å². The van der Waals surface area contributed by atoms with Crippen molar-refractivity contribution < 1.29 is 4.74 Å². The van der Waals surface area contributed by atoms with E-state index in [0.29, 0.717) is 6.04 Å². The zero-order valence-corrected chi connectivity index (χ0v) is 13.2. The zero-order valence-electron chi connectivity index (χ0n) is 13.2. The van der Waals surface area contributed by atoms with Crippen LogP contribution in [0.5, 0.6) is 5.75 Å². The van der Waals surface area contributed by atoms with Crippen LogP contribution in [0.2, 0.25) is 0 Å². The molecule has 2 aromatic carbocycles. The van der Waals surface area contributed by atoms with E-state index in [-0.39, 0.29) is 0 Å². The van der Waals surface area contributed by atoms with E-state index in [4.69, 9.17) is 4.74 Å². The lowest BCUT2D eigenvalue weighted by Crippen LogP contribution is -2.21. The van der Waals surface area contributed by atoms with Gasteiger partial charge >= 0.3 is 0 Å². The first kappa shape index (κ1) is 15.6. The molecule has 0 saturated heterocycles. The van der Waals surface area contributed by atoms with Crippen molar-refractivity contribution in [3.8, 4) is 5.75 Å². The van der Waals surface area contributed by atoms with Gasteiger partial charge in [-0.2, -0.15) is 0 Å². The molecule has 2 rings (SSSR count). The molecule has 1 atom stereocenters. The Morgan fingerprint density at radius 3 is 2.24 bits per heavy atom. The van der Waals surface area contributed by atoms with Crippen molar-refractivity contribution in [1.29, 1.82) is 0 Å². The minimum atomic E-state index is 0.391. The van der Waals surface area contributed by atoms with Gasteiger partial charge in [-0.1, -0.05) is 48.9 Å². The average Bonchev–Trinajstić information content (AvgIpc) is 2.53. The lowest BCUT2D eigenvalue weighted by molar-refractivity contribution is 0.414. The van der Waals surface area contributed by atoms with Gasteiger partial charge in [0.2, 0.25) is 0 Å². The number of methoxy groups -OCH3 is 1. The first-order valence-electron chi connectivity index (χ1n) is 7.65. The third-order valence-electron chi connectivity index (χ3n) is 3.81. The third-order valence-corrected chi connectivity index (χ3v) is 3.81. The largest absolute Gasteiger partial charge is 0.497 e. The minimum Gasteiger partial charge on any atom is -0.497 e. The molecular formula is C19H25NO. The highest BCUT2D eigenvalue weighted by Gasteiger charge is 2.10. The Bertz CT molecular complexity index is 530. The van der Waals surface area contributed by atoms with Crippen LogP contribution in [0, 0.1) is 6.92 Å². The maximum Gasteiger partial charge on any atom is 0.118 e. The topological polar surface area (TPSA) is 21.3 Å². The van der Waals surface area contributed by atoms with Gasteiger partial charge in [0.15, 0.2) is 0 Å². The van der Waals surface area contributed by atoms with Gasteiger partial charge in [0.1, 0.15) is 5.75 Å². The average molecular weight is 283 g/mol. The molecule has 0 aliphatic heterocycles. The molecule has 0 saturated carbocycles. The Labute approximate surface area is 128 Å². The Morgan fingerprint density at radius 2 is 1.67 bits per heavy atom. The molecule has 0 spiro atoms. The summed E-state index contributed by atoms with van der Waals surface area (Å²) in [7, 11) is 1.70. The van der Waals surface area contributed by atoms with Crippen molar-refractivity contribution in [2.75, 3.05) is 13.7 Å². The van der Waals surface area contributed by atoms with Gasteiger partial charge in [-0.25, -0.2) is 0 Å². The molecule has 112 valence electrons. The maximum absolute atomic E-state index is 5.23. The summed E-state index contributed by atoms with van der Waals surface area (Å²) in [6, 6.07) is 17.6. The van der Waals surface area contributed by atoms with Crippen molar-refractivity contribution >= 4 is 0 Å². The van der Waals surface area contributed by atoms with E-state index in [0.717, 1.165) is 25.1 Å². The second-order valence-electron chi connectivity index (χ2n) is 5.41. The molecule has 2 heteroatoms. The van der Waals surface area contributed by atoms with Crippen LogP contribution >= 0.6 is 0 Å². The van der Waals surface area contributed by atoms with Crippen LogP contribution in [0.4, 0.5) is 0 Å². The fraction of sp³-hybridized carbons (Fsp3) is 0.368. The maximum atomic E-state index is 5.23. The fourth-order valence-electron chi connectivity index (χ4n) is 2.53. The predicted molar refractivity (Wildman–Crippen MR) is 88.9 cm³/mol. The molecule has 2 aromatic rings. The molecule has 0 fully saturated rings. The number of hydrogen-bond donors (Lipinski definition) is 1. The van der Waals surface area contributed by atoms with Crippen LogP contribution in [0.25, 0.3) is 0 Å². The molecular weight excluding hydrogens is 258 g/mol. The molecule has 0 aliphatic rings. The molecule has 0 bridgehead atoms. The summed E-state index contributed by atoms with van der Waals surface area (Å²) in [5.41, 5.74) is 4.04. The van der Waals surface area contributed by atoms with Gasteiger partial charge in [0, 0.05) is 6.04 Å². The number of aryl methyl sites for hydroxylation is 2. The van der Waals surface area contributed by atoms with Crippen LogP contribution in [-0.2, 0) is 6.42 Å². The molecule has 1 N–H and O–H groups in total. The number of rotatable bonds is 7. The van der Waals surface area contributed by atoms with E-state index in [1.165, 1.54) is 16.7 Å². The van der Waals surface area contributed by atoms with E-state index >= 15 is 0 Å². The summed E-state index contributed by atoms with van der Waals surface area (Å²) < 4.78 is 5.23. The molecule has 0 heterocycles. The van der Waals surface area contributed by atoms with Crippen LogP contribution in [0.1, 0.15) is 36.1 Å². The first-order chi connectivity index (χ1) is 10.2. The number of benzene rings is 2. The lowest BCUT2D eigenvalue weighted by atomic mass is 9.98. The van der Waals surface area contributed by atoms with E-state index in [9.17, 15) is 0 Å². The number of ether oxygens (including phenoxy) is 1. The molecule has 21 heavy (non-hydrogen) atoms. The highest BCUT2D eigenvalue weighted by molar-refractivity contribution is 5.29. The van der Waals surface area contributed by atoms with Crippen molar-refractivity contribution in [2.24, 2.45) is 0 Å². The van der Waals surface area contributed by atoms with Gasteiger partial charge in [0.25, 0.3) is 0 Å². The second kappa shape index (κ2) is 7.84. The van der Waals surface area contributed by atoms with E-state index in [2.05, 4.69) is 55.6 Å². The number of hydrogen-bond acceptors (Lipinski definition) is 2. The van der Waals surface area contributed by atoms with Crippen LogP contribution in [0.15, 0.2) is 48.5 Å². The molecule has 0 amide bonds. The quantitative estimate of drug-likeness (QED) is 0.818. The third kappa shape index (κ3) is 4.61. The summed E-state index contributed by atoms with van der Waals surface area (Å²) in [5, 5.41) is 3.58.